The molecule has 1 aliphatic rings. The van der Waals surface area contributed by atoms with Crippen molar-refractivity contribution >= 4 is 33.6 Å². The summed E-state index contributed by atoms with van der Waals surface area (Å²) >= 11 is 0. The van der Waals surface area contributed by atoms with Crippen molar-refractivity contribution in [2.24, 2.45) is 0 Å². The van der Waals surface area contributed by atoms with Gasteiger partial charge in [0, 0.05) is 12.5 Å². The van der Waals surface area contributed by atoms with Crippen molar-refractivity contribution in [3.8, 4) is 23.0 Å². The molecular formula is C35H42N2O10S. The van der Waals surface area contributed by atoms with Gasteiger partial charge in [-0.3, -0.25) is 9.59 Å². The van der Waals surface area contributed by atoms with Gasteiger partial charge in [-0.2, -0.15) is 0 Å². The summed E-state index contributed by atoms with van der Waals surface area (Å²) in [4.78, 5) is 40.3. The van der Waals surface area contributed by atoms with Crippen LogP contribution in [0.4, 0.5) is 10.5 Å². The van der Waals surface area contributed by atoms with E-state index in [1.165, 1.54) is 50.4 Å². The highest BCUT2D eigenvalue weighted by Gasteiger charge is 2.33. The average Bonchev–Trinajstić information content (AvgIpc) is 3.48. The maximum atomic E-state index is 13.9. The van der Waals surface area contributed by atoms with E-state index in [9.17, 15) is 22.8 Å². The van der Waals surface area contributed by atoms with Gasteiger partial charge in [0.2, 0.25) is 24.6 Å². The first-order valence-corrected chi connectivity index (χ1v) is 17.0. The SMILES string of the molecule is CCCc1cc(N(C(C)=O)C(=O)OC(C)(C)C)ccc1OC(C(=O)NS(=O)(=O)c1ccc(C(C)C)cc1)c1cc(OC)c2c(c1)OCO2. The van der Waals surface area contributed by atoms with Gasteiger partial charge in [-0.25, -0.2) is 22.8 Å². The Balaban J connectivity index is 1.76. The quantitative estimate of drug-likeness (QED) is 0.241. The molecule has 1 aliphatic heterocycles. The number of carbonyl (C=O) groups is 3. The fourth-order valence-electron chi connectivity index (χ4n) is 4.99. The second-order valence-electron chi connectivity index (χ2n) is 12.5. The lowest BCUT2D eigenvalue weighted by Crippen LogP contribution is -2.40. The molecule has 1 unspecified atom stereocenters. The Hall–Kier alpha value is -4.78. The number of carbonyl (C=O) groups excluding carboxylic acids is 3. The van der Waals surface area contributed by atoms with Crippen LogP contribution >= 0.6 is 0 Å². The van der Waals surface area contributed by atoms with Crippen LogP contribution in [-0.4, -0.2) is 45.8 Å². The van der Waals surface area contributed by atoms with E-state index >= 15 is 0 Å². The number of aryl methyl sites for hydroxylation is 1. The van der Waals surface area contributed by atoms with Crippen molar-refractivity contribution in [1.82, 2.24) is 4.72 Å². The Morgan fingerprint density at radius 2 is 1.65 bits per heavy atom. The zero-order valence-corrected chi connectivity index (χ0v) is 29.2. The maximum absolute atomic E-state index is 13.9. The van der Waals surface area contributed by atoms with Gasteiger partial charge < -0.3 is 23.7 Å². The van der Waals surface area contributed by atoms with Gasteiger partial charge >= 0.3 is 6.09 Å². The van der Waals surface area contributed by atoms with E-state index in [1.54, 1.807) is 39.0 Å². The first-order valence-electron chi connectivity index (χ1n) is 15.5. The zero-order chi connectivity index (χ0) is 35.4. The van der Waals surface area contributed by atoms with Crippen molar-refractivity contribution < 1.29 is 46.5 Å². The summed E-state index contributed by atoms with van der Waals surface area (Å²) in [5.74, 6) is -0.246. The number of methoxy groups -OCH3 is 1. The Morgan fingerprint density at radius 1 is 0.958 bits per heavy atom. The topological polar surface area (TPSA) is 147 Å². The van der Waals surface area contributed by atoms with Crippen LogP contribution in [0, 0.1) is 0 Å². The van der Waals surface area contributed by atoms with E-state index in [0.717, 1.165) is 10.5 Å². The zero-order valence-electron chi connectivity index (χ0n) is 28.4. The Kier molecular flexibility index (Phi) is 10.9. The van der Waals surface area contributed by atoms with Crippen LogP contribution in [0.5, 0.6) is 23.0 Å². The fraction of sp³-hybridized carbons (Fsp3) is 0.400. The van der Waals surface area contributed by atoms with Crippen LogP contribution in [-0.2, 0) is 30.8 Å². The van der Waals surface area contributed by atoms with E-state index in [4.69, 9.17) is 23.7 Å². The highest BCUT2D eigenvalue weighted by molar-refractivity contribution is 7.90. The molecule has 0 saturated carbocycles. The third-order valence-electron chi connectivity index (χ3n) is 7.27. The van der Waals surface area contributed by atoms with E-state index in [0.29, 0.717) is 24.2 Å². The lowest BCUT2D eigenvalue weighted by molar-refractivity contribution is -0.126. The number of rotatable bonds is 11. The summed E-state index contributed by atoms with van der Waals surface area (Å²) in [6.45, 7) is 12.2. The number of amides is 3. The molecule has 258 valence electrons. The minimum Gasteiger partial charge on any atom is -0.493 e. The number of benzene rings is 3. The van der Waals surface area contributed by atoms with Gasteiger partial charge in [0.1, 0.15) is 11.4 Å². The summed E-state index contributed by atoms with van der Waals surface area (Å²) in [6.07, 6.45) is -1.29. The van der Waals surface area contributed by atoms with Crippen LogP contribution in [0.2, 0.25) is 0 Å². The highest BCUT2D eigenvalue weighted by Crippen LogP contribution is 2.44. The van der Waals surface area contributed by atoms with Crippen molar-refractivity contribution in [2.75, 3.05) is 18.8 Å². The van der Waals surface area contributed by atoms with Gasteiger partial charge in [0.05, 0.1) is 17.7 Å². The monoisotopic (exact) mass is 682 g/mol. The molecule has 0 radical (unpaired) electrons. The molecule has 1 heterocycles. The maximum Gasteiger partial charge on any atom is 0.421 e. The van der Waals surface area contributed by atoms with E-state index in [2.05, 4.69) is 4.72 Å². The molecule has 1 N–H and O–H groups in total. The Morgan fingerprint density at radius 3 is 2.23 bits per heavy atom. The van der Waals surface area contributed by atoms with Gasteiger partial charge in [-0.1, -0.05) is 39.3 Å². The summed E-state index contributed by atoms with van der Waals surface area (Å²) in [5.41, 5.74) is 1.12. The van der Waals surface area contributed by atoms with Crippen LogP contribution in [0.1, 0.15) is 83.6 Å². The summed E-state index contributed by atoms with van der Waals surface area (Å²) in [7, 11) is -2.89. The van der Waals surface area contributed by atoms with Gasteiger partial charge in [0.15, 0.2) is 11.5 Å². The molecule has 0 aliphatic carbocycles. The Labute approximate surface area is 281 Å². The van der Waals surface area contributed by atoms with Crippen LogP contribution in [0.3, 0.4) is 0 Å². The number of imide groups is 1. The van der Waals surface area contributed by atoms with Gasteiger partial charge in [0.25, 0.3) is 15.9 Å². The lowest BCUT2D eigenvalue weighted by atomic mass is 10.0. The minimum absolute atomic E-state index is 0.0694. The van der Waals surface area contributed by atoms with Crippen molar-refractivity contribution in [3.63, 3.8) is 0 Å². The fourth-order valence-corrected chi connectivity index (χ4v) is 5.97. The number of anilines is 1. The number of nitrogens with one attached hydrogen (secondary N) is 1. The summed E-state index contributed by atoms with van der Waals surface area (Å²) < 4.78 is 57.3. The van der Waals surface area contributed by atoms with Gasteiger partial charge in [-0.05, 0) is 86.7 Å². The van der Waals surface area contributed by atoms with Crippen molar-refractivity contribution in [1.29, 1.82) is 0 Å². The smallest absolute Gasteiger partial charge is 0.421 e. The molecule has 3 amide bonds. The van der Waals surface area contributed by atoms with Crippen molar-refractivity contribution in [2.45, 2.75) is 83.8 Å². The second-order valence-corrected chi connectivity index (χ2v) is 14.2. The molecule has 1 atom stereocenters. The molecular weight excluding hydrogens is 640 g/mol. The largest absolute Gasteiger partial charge is 0.493 e. The van der Waals surface area contributed by atoms with E-state index < -0.39 is 39.6 Å². The molecule has 12 nitrogen and oxygen atoms in total. The molecule has 0 bridgehead atoms. The predicted octanol–water partition coefficient (Wildman–Crippen LogP) is 6.41. The molecule has 0 saturated heterocycles. The van der Waals surface area contributed by atoms with Crippen molar-refractivity contribution in [3.05, 3.63) is 71.3 Å². The molecule has 0 spiro atoms. The molecule has 13 heteroatoms. The summed E-state index contributed by atoms with van der Waals surface area (Å²) in [5, 5.41) is 0. The molecule has 3 aromatic carbocycles. The number of ether oxygens (including phenoxy) is 5. The highest BCUT2D eigenvalue weighted by atomic mass is 32.2. The molecule has 3 aromatic rings. The molecule has 0 fully saturated rings. The third-order valence-corrected chi connectivity index (χ3v) is 8.63. The van der Waals surface area contributed by atoms with Gasteiger partial charge in [-0.15, -0.1) is 0 Å². The Bertz CT molecular complexity index is 1780. The number of hydrogen-bond donors (Lipinski definition) is 1. The van der Waals surface area contributed by atoms with E-state index in [-0.39, 0.29) is 46.1 Å². The van der Waals surface area contributed by atoms with Crippen LogP contribution in [0.15, 0.2) is 59.5 Å². The minimum atomic E-state index is -4.31. The summed E-state index contributed by atoms with van der Waals surface area (Å²) in [6, 6.07) is 13.9. The number of fused-ring (bicyclic) bond motifs is 1. The molecule has 4 rings (SSSR count). The third kappa shape index (κ3) is 8.38. The van der Waals surface area contributed by atoms with Crippen LogP contribution in [0.25, 0.3) is 0 Å². The normalized spacial score (nSPS) is 13.1. The second kappa shape index (κ2) is 14.5. The first-order chi connectivity index (χ1) is 22.5. The average molecular weight is 683 g/mol. The number of hydrogen-bond acceptors (Lipinski definition) is 10. The number of nitrogens with zero attached hydrogens (tertiary/aromatic N) is 1. The number of sulfonamides is 1. The van der Waals surface area contributed by atoms with Crippen LogP contribution < -0.4 is 28.6 Å². The predicted molar refractivity (Wildman–Crippen MR) is 178 cm³/mol. The van der Waals surface area contributed by atoms with E-state index in [1.807, 2.05) is 20.8 Å². The molecule has 48 heavy (non-hydrogen) atoms. The molecule has 0 aromatic heterocycles. The standard InChI is InChI=1S/C35H42N2O10S/c1-9-10-24-17-26(37(22(4)38)34(40)47-35(5,6)7)13-16-28(24)46-31(25-18-29(43-8)32-30(19-25)44-20-45-32)33(39)36-48(41,42)27-14-11-23(12-15-27)21(2)3/h11-19,21,31H,9-10,20H2,1-8H3,(H,36,39). The first kappa shape index (κ1) is 36.1. The lowest BCUT2D eigenvalue weighted by Gasteiger charge is -2.26.